The van der Waals surface area contributed by atoms with Crippen LogP contribution in [0.5, 0.6) is 0 Å². The number of carbonyl (C=O) groups is 1. The van der Waals surface area contributed by atoms with Crippen LogP contribution in [0.25, 0.3) is 0 Å². The van der Waals surface area contributed by atoms with Gasteiger partial charge in [0.25, 0.3) is 0 Å². The maximum atomic E-state index is 10.8. The van der Waals surface area contributed by atoms with Gasteiger partial charge in [-0.3, -0.25) is 0 Å². The largest absolute Gasteiger partial charge is 0.478 e. The number of nitrogens with zero attached hydrogens (tertiary/aromatic N) is 1. The summed E-state index contributed by atoms with van der Waals surface area (Å²) in [5.41, 5.74) is 1.23. The van der Waals surface area contributed by atoms with Crippen LogP contribution in [-0.4, -0.2) is 24.7 Å². The van der Waals surface area contributed by atoms with Gasteiger partial charge >= 0.3 is 5.97 Å². The SMILES string of the molecule is CCCN(C)c1cc(Br)cc(C(=O)O)c1. The first kappa shape index (κ1) is 12.0. The van der Waals surface area contributed by atoms with Crippen molar-refractivity contribution in [2.24, 2.45) is 0 Å². The van der Waals surface area contributed by atoms with E-state index in [1.54, 1.807) is 12.1 Å². The minimum absolute atomic E-state index is 0.308. The van der Waals surface area contributed by atoms with Gasteiger partial charge in [-0.25, -0.2) is 4.79 Å². The third-order valence-electron chi connectivity index (χ3n) is 2.13. The van der Waals surface area contributed by atoms with Gasteiger partial charge in [-0.15, -0.1) is 0 Å². The van der Waals surface area contributed by atoms with Crippen LogP contribution >= 0.6 is 15.9 Å². The van der Waals surface area contributed by atoms with Crippen molar-refractivity contribution >= 4 is 27.6 Å². The van der Waals surface area contributed by atoms with Crippen LogP contribution in [0.3, 0.4) is 0 Å². The molecule has 82 valence electrons. The molecular formula is C11H14BrNO2. The van der Waals surface area contributed by atoms with Crippen LogP contribution in [0, 0.1) is 0 Å². The molecule has 0 unspecified atom stereocenters. The molecule has 0 amide bonds. The zero-order valence-corrected chi connectivity index (χ0v) is 10.4. The first-order valence-electron chi connectivity index (χ1n) is 4.79. The maximum Gasteiger partial charge on any atom is 0.335 e. The van der Waals surface area contributed by atoms with Crippen molar-refractivity contribution in [3.8, 4) is 0 Å². The summed E-state index contributed by atoms with van der Waals surface area (Å²) in [5.74, 6) is -0.901. The van der Waals surface area contributed by atoms with Gasteiger partial charge in [-0.05, 0) is 24.6 Å². The summed E-state index contributed by atoms with van der Waals surface area (Å²) < 4.78 is 0.792. The van der Waals surface area contributed by atoms with E-state index in [0.29, 0.717) is 5.56 Å². The summed E-state index contributed by atoms with van der Waals surface area (Å²) in [6.07, 6.45) is 1.03. The highest BCUT2D eigenvalue weighted by Gasteiger charge is 2.08. The molecule has 0 aliphatic carbocycles. The lowest BCUT2D eigenvalue weighted by molar-refractivity contribution is 0.0697. The lowest BCUT2D eigenvalue weighted by Gasteiger charge is -2.19. The molecule has 3 nitrogen and oxygen atoms in total. The van der Waals surface area contributed by atoms with E-state index in [1.165, 1.54) is 0 Å². The molecule has 0 saturated carbocycles. The van der Waals surface area contributed by atoms with E-state index in [1.807, 2.05) is 18.0 Å². The number of halogens is 1. The van der Waals surface area contributed by atoms with E-state index in [-0.39, 0.29) is 0 Å². The number of aromatic carboxylic acids is 1. The topological polar surface area (TPSA) is 40.5 Å². The van der Waals surface area contributed by atoms with Gasteiger partial charge in [-0.2, -0.15) is 0 Å². The van der Waals surface area contributed by atoms with Crippen molar-refractivity contribution in [1.29, 1.82) is 0 Å². The molecule has 0 fully saturated rings. The van der Waals surface area contributed by atoms with Crippen LogP contribution in [0.4, 0.5) is 5.69 Å². The van der Waals surface area contributed by atoms with Gasteiger partial charge in [0.15, 0.2) is 0 Å². The van der Waals surface area contributed by atoms with Crippen LogP contribution in [-0.2, 0) is 0 Å². The second kappa shape index (κ2) is 5.16. The third-order valence-corrected chi connectivity index (χ3v) is 2.59. The second-order valence-electron chi connectivity index (χ2n) is 3.42. The Morgan fingerprint density at radius 3 is 2.67 bits per heavy atom. The van der Waals surface area contributed by atoms with E-state index in [4.69, 9.17) is 5.11 Å². The summed E-state index contributed by atoms with van der Waals surface area (Å²) in [6.45, 7) is 3.00. The van der Waals surface area contributed by atoms with Crippen LogP contribution in [0.1, 0.15) is 23.7 Å². The van der Waals surface area contributed by atoms with Crippen molar-refractivity contribution in [3.63, 3.8) is 0 Å². The monoisotopic (exact) mass is 271 g/mol. The number of hydrogen-bond donors (Lipinski definition) is 1. The number of hydrogen-bond acceptors (Lipinski definition) is 2. The molecule has 4 heteroatoms. The van der Waals surface area contributed by atoms with E-state index in [9.17, 15) is 4.79 Å². The normalized spacial score (nSPS) is 10.1. The highest BCUT2D eigenvalue weighted by Crippen LogP contribution is 2.22. The van der Waals surface area contributed by atoms with E-state index in [2.05, 4.69) is 22.9 Å². The average Bonchev–Trinajstić information content (AvgIpc) is 2.17. The van der Waals surface area contributed by atoms with Gasteiger partial charge < -0.3 is 10.0 Å². The number of benzene rings is 1. The zero-order valence-electron chi connectivity index (χ0n) is 8.83. The Hall–Kier alpha value is -1.03. The lowest BCUT2D eigenvalue weighted by Crippen LogP contribution is -2.18. The quantitative estimate of drug-likeness (QED) is 0.916. The minimum Gasteiger partial charge on any atom is -0.478 e. The van der Waals surface area contributed by atoms with Gasteiger partial charge in [0.05, 0.1) is 5.56 Å². The predicted molar refractivity (Wildman–Crippen MR) is 64.7 cm³/mol. The number of carboxylic acids is 1. The molecule has 0 aliphatic rings. The molecule has 0 radical (unpaired) electrons. The van der Waals surface area contributed by atoms with Crippen molar-refractivity contribution in [1.82, 2.24) is 0 Å². The van der Waals surface area contributed by atoms with Crippen molar-refractivity contribution in [2.75, 3.05) is 18.5 Å². The number of anilines is 1. The van der Waals surface area contributed by atoms with Gasteiger partial charge in [-0.1, -0.05) is 22.9 Å². The Labute approximate surface area is 97.8 Å². The fraction of sp³-hybridized carbons (Fsp3) is 0.364. The van der Waals surface area contributed by atoms with Gasteiger partial charge in [0.2, 0.25) is 0 Å². The Morgan fingerprint density at radius 1 is 1.47 bits per heavy atom. The first-order valence-corrected chi connectivity index (χ1v) is 5.59. The Bertz CT molecular complexity index is 366. The average molecular weight is 272 g/mol. The fourth-order valence-electron chi connectivity index (χ4n) is 1.38. The molecule has 15 heavy (non-hydrogen) atoms. The molecule has 0 aromatic heterocycles. The summed E-state index contributed by atoms with van der Waals surface area (Å²) in [7, 11) is 1.96. The number of rotatable bonds is 4. The molecular weight excluding hydrogens is 258 g/mol. The van der Waals surface area contributed by atoms with E-state index < -0.39 is 5.97 Å². The summed E-state index contributed by atoms with van der Waals surface area (Å²) >= 11 is 3.31. The summed E-state index contributed by atoms with van der Waals surface area (Å²) in [4.78, 5) is 12.9. The van der Waals surface area contributed by atoms with E-state index in [0.717, 1.165) is 23.1 Å². The molecule has 0 atom stereocenters. The first-order chi connectivity index (χ1) is 7.04. The minimum atomic E-state index is -0.901. The fourth-order valence-corrected chi connectivity index (χ4v) is 1.86. The molecule has 1 aromatic rings. The van der Waals surface area contributed by atoms with Crippen LogP contribution in [0.2, 0.25) is 0 Å². The summed E-state index contributed by atoms with van der Waals surface area (Å²) in [5, 5.41) is 8.91. The Kier molecular flexibility index (Phi) is 4.15. The molecule has 1 N–H and O–H groups in total. The molecule has 1 aromatic carbocycles. The molecule has 1 rings (SSSR count). The Morgan fingerprint density at radius 2 is 2.13 bits per heavy atom. The van der Waals surface area contributed by atoms with Crippen LogP contribution in [0.15, 0.2) is 22.7 Å². The molecule has 0 aliphatic heterocycles. The molecule has 0 bridgehead atoms. The standard InChI is InChI=1S/C11H14BrNO2/c1-3-4-13(2)10-6-8(11(14)15)5-9(12)7-10/h5-7H,3-4H2,1-2H3,(H,14,15). The van der Waals surface area contributed by atoms with Crippen molar-refractivity contribution in [3.05, 3.63) is 28.2 Å². The van der Waals surface area contributed by atoms with E-state index >= 15 is 0 Å². The lowest BCUT2D eigenvalue weighted by atomic mass is 10.2. The molecule has 0 heterocycles. The second-order valence-corrected chi connectivity index (χ2v) is 4.34. The Balaban J connectivity index is 3.03. The van der Waals surface area contributed by atoms with Crippen molar-refractivity contribution in [2.45, 2.75) is 13.3 Å². The van der Waals surface area contributed by atoms with Crippen molar-refractivity contribution < 1.29 is 9.90 Å². The summed E-state index contributed by atoms with van der Waals surface area (Å²) in [6, 6.07) is 5.20. The highest BCUT2D eigenvalue weighted by molar-refractivity contribution is 9.10. The highest BCUT2D eigenvalue weighted by atomic mass is 79.9. The predicted octanol–water partition coefficient (Wildman–Crippen LogP) is 2.99. The van der Waals surface area contributed by atoms with Crippen LogP contribution < -0.4 is 4.90 Å². The molecule has 0 saturated heterocycles. The van der Waals surface area contributed by atoms with Gasteiger partial charge in [0.1, 0.15) is 0 Å². The maximum absolute atomic E-state index is 10.8. The molecule has 0 spiro atoms. The van der Waals surface area contributed by atoms with Gasteiger partial charge in [0, 0.05) is 23.8 Å². The zero-order chi connectivity index (χ0) is 11.4. The number of carboxylic acid groups (broad SMARTS) is 1. The smallest absolute Gasteiger partial charge is 0.335 e. The third kappa shape index (κ3) is 3.23.